The molecule has 8 heteroatoms. The standard InChI is InChI=1S/C18H25FN4O2S/c1-18(4-9-26-17(20)22-18)15-11-13(2-3-16(15)19)10-14(24)12-25-23-7-5-21-6-8-23/h2-3,11,21H,4-10,12H2,1H3,(H2,20,22)/t18-/m0/s1. The molecule has 2 heterocycles. The van der Waals surface area contributed by atoms with Gasteiger partial charge in [0.1, 0.15) is 12.4 Å². The van der Waals surface area contributed by atoms with E-state index in [9.17, 15) is 9.18 Å². The zero-order chi connectivity index (χ0) is 18.6. The third-order valence-electron chi connectivity index (χ3n) is 4.69. The van der Waals surface area contributed by atoms with E-state index in [-0.39, 0.29) is 24.6 Å². The van der Waals surface area contributed by atoms with E-state index in [1.807, 2.05) is 12.0 Å². The molecule has 0 spiro atoms. The summed E-state index contributed by atoms with van der Waals surface area (Å²) in [7, 11) is 0. The molecule has 0 amide bonds. The van der Waals surface area contributed by atoms with Crippen LogP contribution in [0.1, 0.15) is 24.5 Å². The van der Waals surface area contributed by atoms with Gasteiger partial charge in [0.15, 0.2) is 11.0 Å². The zero-order valence-corrected chi connectivity index (χ0v) is 15.8. The van der Waals surface area contributed by atoms with Crippen molar-refractivity contribution in [2.24, 2.45) is 10.7 Å². The van der Waals surface area contributed by atoms with Gasteiger partial charge in [0.2, 0.25) is 0 Å². The first-order chi connectivity index (χ1) is 12.5. The number of Topliss-reactive ketones (excluding diaryl/α,β-unsaturated/α-hetero) is 1. The van der Waals surface area contributed by atoms with Gasteiger partial charge in [0, 0.05) is 43.9 Å². The lowest BCUT2D eigenvalue weighted by molar-refractivity contribution is -0.172. The number of carbonyl (C=O) groups excluding carboxylic acids is 1. The summed E-state index contributed by atoms with van der Waals surface area (Å²) in [5.41, 5.74) is 6.41. The molecule has 0 bridgehead atoms. The van der Waals surface area contributed by atoms with E-state index >= 15 is 0 Å². The van der Waals surface area contributed by atoms with Gasteiger partial charge in [0.25, 0.3) is 0 Å². The fourth-order valence-electron chi connectivity index (χ4n) is 3.19. The number of hydrogen-bond donors (Lipinski definition) is 2. The van der Waals surface area contributed by atoms with Crippen molar-refractivity contribution < 1.29 is 14.0 Å². The van der Waals surface area contributed by atoms with Crippen LogP contribution < -0.4 is 11.1 Å². The molecule has 0 saturated carbocycles. The molecule has 142 valence electrons. The number of rotatable bonds is 6. The van der Waals surface area contributed by atoms with E-state index in [1.54, 1.807) is 12.1 Å². The summed E-state index contributed by atoms with van der Waals surface area (Å²) < 4.78 is 14.4. The van der Waals surface area contributed by atoms with Gasteiger partial charge in [-0.25, -0.2) is 4.39 Å². The molecule has 2 aliphatic heterocycles. The molecule has 0 radical (unpaired) electrons. The van der Waals surface area contributed by atoms with Crippen molar-refractivity contribution in [3.8, 4) is 0 Å². The smallest absolute Gasteiger partial charge is 0.164 e. The van der Waals surface area contributed by atoms with Crippen molar-refractivity contribution in [3.05, 3.63) is 35.1 Å². The second-order valence-corrected chi connectivity index (χ2v) is 7.92. The molecule has 1 aromatic carbocycles. The van der Waals surface area contributed by atoms with Gasteiger partial charge in [-0.3, -0.25) is 14.6 Å². The maximum atomic E-state index is 14.4. The van der Waals surface area contributed by atoms with Crippen LogP contribution in [0.4, 0.5) is 4.39 Å². The predicted octanol–water partition coefficient (Wildman–Crippen LogP) is 1.44. The van der Waals surface area contributed by atoms with E-state index in [0.29, 0.717) is 17.2 Å². The Hall–Kier alpha value is -1.48. The molecule has 0 aliphatic carbocycles. The molecule has 6 nitrogen and oxygen atoms in total. The monoisotopic (exact) mass is 380 g/mol. The molecule has 3 N–H and O–H groups in total. The SMILES string of the molecule is C[C@@]1(c2cc(CC(=O)CON3CCNCC3)ccc2F)CCSC(N)=N1. The average Bonchev–Trinajstić information content (AvgIpc) is 2.62. The number of hydroxylamine groups is 2. The number of benzene rings is 1. The number of piperazine rings is 1. The lowest BCUT2D eigenvalue weighted by Crippen LogP contribution is -2.44. The third kappa shape index (κ3) is 4.82. The van der Waals surface area contributed by atoms with Gasteiger partial charge in [-0.15, -0.1) is 0 Å². The summed E-state index contributed by atoms with van der Waals surface area (Å²) in [4.78, 5) is 22.3. The van der Waals surface area contributed by atoms with Gasteiger partial charge in [0.05, 0.1) is 5.54 Å². The largest absolute Gasteiger partial charge is 0.379 e. The molecule has 26 heavy (non-hydrogen) atoms. The third-order valence-corrected chi connectivity index (χ3v) is 5.49. The number of amidine groups is 1. The van der Waals surface area contributed by atoms with Gasteiger partial charge in [-0.2, -0.15) is 5.06 Å². The van der Waals surface area contributed by atoms with Gasteiger partial charge in [-0.1, -0.05) is 23.9 Å². The van der Waals surface area contributed by atoms with E-state index in [1.165, 1.54) is 17.8 Å². The number of halogens is 1. The Morgan fingerprint density at radius 3 is 2.96 bits per heavy atom. The molecular weight excluding hydrogens is 355 g/mol. The molecule has 1 saturated heterocycles. The lowest BCUT2D eigenvalue weighted by atomic mass is 9.87. The summed E-state index contributed by atoms with van der Waals surface area (Å²) in [6, 6.07) is 4.80. The first kappa shape index (κ1) is 19.3. The van der Waals surface area contributed by atoms with E-state index in [4.69, 9.17) is 10.6 Å². The predicted molar refractivity (Wildman–Crippen MR) is 102 cm³/mol. The summed E-state index contributed by atoms with van der Waals surface area (Å²) in [6.07, 6.45) is 0.919. The van der Waals surface area contributed by atoms with Crippen LogP contribution in [0.5, 0.6) is 0 Å². The van der Waals surface area contributed by atoms with Crippen molar-refractivity contribution in [3.63, 3.8) is 0 Å². The van der Waals surface area contributed by atoms with Crippen molar-refractivity contribution in [1.82, 2.24) is 10.4 Å². The number of carbonyl (C=O) groups is 1. The van der Waals surface area contributed by atoms with Gasteiger partial charge >= 0.3 is 0 Å². The van der Waals surface area contributed by atoms with Crippen LogP contribution in [0.25, 0.3) is 0 Å². The number of nitrogens with zero attached hydrogens (tertiary/aromatic N) is 2. The summed E-state index contributed by atoms with van der Waals surface area (Å²) in [5, 5.41) is 5.51. The highest BCUT2D eigenvalue weighted by Gasteiger charge is 2.32. The maximum Gasteiger partial charge on any atom is 0.164 e. The molecule has 3 rings (SSSR count). The second-order valence-electron chi connectivity index (χ2n) is 6.80. The molecule has 2 aliphatic rings. The first-order valence-corrected chi connectivity index (χ1v) is 9.82. The average molecular weight is 380 g/mol. The van der Waals surface area contributed by atoms with Crippen molar-refractivity contribution in [2.45, 2.75) is 25.3 Å². The van der Waals surface area contributed by atoms with Crippen LogP contribution in [0.2, 0.25) is 0 Å². The fourth-order valence-corrected chi connectivity index (χ4v) is 4.17. The van der Waals surface area contributed by atoms with Crippen LogP contribution >= 0.6 is 11.8 Å². The Morgan fingerprint density at radius 1 is 1.46 bits per heavy atom. The second kappa shape index (κ2) is 8.47. The molecule has 0 aromatic heterocycles. The minimum Gasteiger partial charge on any atom is -0.379 e. The topological polar surface area (TPSA) is 80.0 Å². The quantitative estimate of drug-likeness (QED) is 0.777. The molecule has 1 atom stereocenters. The van der Waals surface area contributed by atoms with E-state index in [2.05, 4.69) is 10.3 Å². The number of ketones is 1. The Labute approximate surface area is 157 Å². The van der Waals surface area contributed by atoms with Crippen LogP contribution in [-0.2, 0) is 21.6 Å². The Balaban J connectivity index is 1.65. The number of hydrogen-bond acceptors (Lipinski definition) is 7. The number of thioether (sulfide) groups is 1. The van der Waals surface area contributed by atoms with Gasteiger partial charge in [-0.05, 0) is 25.0 Å². The highest BCUT2D eigenvalue weighted by Crippen LogP contribution is 2.36. The Bertz CT molecular complexity index is 694. The van der Waals surface area contributed by atoms with Crippen LogP contribution in [0, 0.1) is 5.82 Å². The number of aliphatic imine (C=N–C) groups is 1. The van der Waals surface area contributed by atoms with E-state index in [0.717, 1.165) is 37.5 Å². The van der Waals surface area contributed by atoms with Crippen molar-refractivity contribution in [2.75, 3.05) is 38.5 Å². The normalized spacial score (nSPS) is 24.3. The van der Waals surface area contributed by atoms with Gasteiger partial charge < -0.3 is 11.1 Å². The Morgan fingerprint density at radius 2 is 2.23 bits per heavy atom. The maximum absolute atomic E-state index is 14.4. The van der Waals surface area contributed by atoms with Crippen LogP contribution in [-0.4, -0.2) is 54.6 Å². The first-order valence-electron chi connectivity index (χ1n) is 8.83. The zero-order valence-electron chi connectivity index (χ0n) is 15.0. The number of nitrogens with two attached hydrogens (primary N) is 1. The molecule has 1 aromatic rings. The van der Waals surface area contributed by atoms with E-state index < -0.39 is 5.54 Å². The molecule has 0 unspecified atom stereocenters. The lowest BCUT2D eigenvalue weighted by Gasteiger charge is -2.30. The summed E-state index contributed by atoms with van der Waals surface area (Å²) in [5.74, 6) is 0.449. The highest BCUT2D eigenvalue weighted by molar-refractivity contribution is 8.13. The Kier molecular flexibility index (Phi) is 6.29. The van der Waals surface area contributed by atoms with Crippen LogP contribution in [0.3, 0.4) is 0 Å². The minimum atomic E-state index is -0.685. The minimum absolute atomic E-state index is 0.0335. The molecule has 1 fully saturated rings. The molecular formula is C18H25FN4O2S. The summed E-state index contributed by atoms with van der Waals surface area (Å²) >= 11 is 1.48. The fraction of sp³-hybridized carbons (Fsp3) is 0.556. The van der Waals surface area contributed by atoms with Crippen molar-refractivity contribution >= 4 is 22.7 Å². The summed E-state index contributed by atoms with van der Waals surface area (Å²) in [6.45, 7) is 5.17. The van der Waals surface area contributed by atoms with Crippen molar-refractivity contribution in [1.29, 1.82) is 0 Å². The number of nitrogens with one attached hydrogen (secondary N) is 1. The highest BCUT2D eigenvalue weighted by atomic mass is 32.2. The van der Waals surface area contributed by atoms with Crippen LogP contribution in [0.15, 0.2) is 23.2 Å².